The molecule has 0 spiro atoms. The molecule has 0 aliphatic heterocycles. The second kappa shape index (κ2) is 10.8. The lowest BCUT2D eigenvalue weighted by molar-refractivity contribution is -0.115. The quantitative estimate of drug-likeness (QED) is 0.215. The molecule has 0 radical (unpaired) electrons. The van der Waals surface area contributed by atoms with Gasteiger partial charge in [0, 0.05) is 29.6 Å². The van der Waals surface area contributed by atoms with E-state index in [9.17, 15) is 9.18 Å². The first-order chi connectivity index (χ1) is 21.0. The van der Waals surface area contributed by atoms with Crippen LogP contribution in [0.4, 0.5) is 10.1 Å². The van der Waals surface area contributed by atoms with Gasteiger partial charge in [0.05, 0.1) is 47.8 Å². The van der Waals surface area contributed by atoms with Crippen molar-refractivity contribution in [1.82, 2.24) is 35.1 Å². The number of imidazole rings is 1. The van der Waals surface area contributed by atoms with E-state index >= 15 is 0 Å². The Hall–Kier alpha value is -5.97. The third-order valence-corrected chi connectivity index (χ3v) is 6.94. The molecule has 0 bridgehead atoms. The van der Waals surface area contributed by atoms with Gasteiger partial charge in [0.15, 0.2) is 11.5 Å². The van der Waals surface area contributed by atoms with Gasteiger partial charge >= 0.3 is 0 Å². The van der Waals surface area contributed by atoms with Gasteiger partial charge in [-0.1, -0.05) is 30.3 Å². The Morgan fingerprint density at radius 2 is 1.77 bits per heavy atom. The van der Waals surface area contributed by atoms with E-state index in [1.807, 2.05) is 48.5 Å². The molecule has 1 amide bonds. The molecule has 5 heterocycles. The van der Waals surface area contributed by atoms with Gasteiger partial charge in [-0.05, 0) is 42.0 Å². The van der Waals surface area contributed by atoms with E-state index in [2.05, 4.69) is 30.5 Å². The van der Waals surface area contributed by atoms with Gasteiger partial charge in [-0.2, -0.15) is 5.10 Å². The summed E-state index contributed by atoms with van der Waals surface area (Å²) in [5.74, 6) is 0.284. The molecule has 0 atom stereocenters. The Morgan fingerprint density at radius 1 is 0.907 bits per heavy atom. The van der Waals surface area contributed by atoms with Gasteiger partial charge in [-0.25, -0.2) is 14.4 Å². The molecule has 7 aromatic rings. The number of methoxy groups -OCH3 is 1. The summed E-state index contributed by atoms with van der Waals surface area (Å²) in [5, 5.41) is 10.4. The molecule has 0 saturated carbocycles. The molecule has 5 aromatic heterocycles. The van der Waals surface area contributed by atoms with E-state index in [-0.39, 0.29) is 12.3 Å². The largest absolute Gasteiger partial charge is 0.497 e. The highest BCUT2D eigenvalue weighted by Gasteiger charge is 2.18. The number of H-pyrrole nitrogens is 2. The number of anilines is 1. The minimum Gasteiger partial charge on any atom is -0.497 e. The number of nitrogens with zero attached hydrogens (tertiary/aromatic N) is 5. The van der Waals surface area contributed by atoms with Crippen LogP contribution in [0.25, 0.3) is 56.1 Å². The number of aromatic amines is 2. The fourth-order valence-corrected chi connectivity index (χ4v) is 4.94. The van der Waals surface area contributed by atoms with E-state index in [1.165, 1.54) is 19.2 Å². The van der Waals surface area contributed by atoms with Crippen LogP contribution >= 0.6 is 0 Å². The van der Waals surface area contributed by atoms with Gasteiger partial charge in [-0.3, -0.25) is 19.9 Å². The van der Waals surface area contributed by atoms with Crippen LogP contribution in [0.1, 0.15) is 5.56 Å². The normalized spacial score (nSPS) is 11.2. The third kappa shape index (κ3) is 5.15. The molecular weight excluding hydrogens is 547 g/mol. The summed E-state index contributed by atoms with van der Waals surface area (Å²) in [6.45, 7) is 0. The minimum absolute atomic E-state index is 0.138. The van der Waals surface area contributed by atoms with Crippen LogP contribution in [-0.2, 0) is 11.2 Å². The highest BCUT2D eigenvalue weighted by molar-refractivity contribution is 5.96. The molecule has 0 aliphatic carbocycles. The van der Waals surface area contributed by atoms with E-state index < -0.39 is 5.82 Å². The maximum absolute atomic E-state index is 14.3. The highest BCUT2D eigenvalue weighted by Crippen LogP contribution is 2.32. The molecule has 43 heavy (non-hydrogen) atoms. The number of carbonyl (C=O) groups is 1. The number of rotatable bonds is 7. The lowest BCUT2D eigenvalue weighted by atomic mass is 10.1. The van der Waals surface area contributed by atoms with Crippen molar-refractivity contribution >= 4 is 33.7 Å². The predicted octanol–water partition coefficient (Wildman–Crippen LogP) is 5.95. The lowest BCUT2D eigenvalue weighted by Gasteiger charge is -2.07. The number of nitrogens with one attached hydrogen (secondary N) is 3. The Bertz CT molecular complexity index is 2120. The molecule has 7 rings (SSSR count). The monoisotopic (exact) mass is 570 g/mol. The van der Waals surface area contributed by atoms with Crippen LogP contribution in [0.15, 0.2) is 91.4 Å². The topological polar surface area (TPSA) is 134 Å². The molecule has 0 unspecified atom stereocenters. The van der Waals surface area contributed by atoms with Crippen LogP contribution in [-0.4, -0.2) is 48.1 Å². The molecule has 2 aromatic carbocycles. The van der Waals surface area contributed by atoms with Gasteiger partial charge < -0.3 is 15.0 Å². The number of pyridine rings is 3. The predicted molar refractivity (Wildman–Crippen MR) is 161 cm³/mol. The van der Waals surface area contributed by atoms with Crippen molar-refractivity contribution in [2.45, 2.75) is 6.42 Å². The average Bonchev–Trinajstić information content (AvgIpc) is 3.65. The zero-order valence-corrected chi connectivity index (χ0v) is 22.8. The van der Waals surface area contributed by atoms with Crippen LogP contribution in [0.5, 0.6) is 5.75 Å². The summed E-state index contributed by atoms with van der Waals surface area (Å²) in [5.41, 5.74) is 6.99. The first kappa shape index (κ1) is 26.0. The number of fused-ring (bicyclic) bond motifs is 2. The van der Waals surface area contributed by atoms with Crippen molar-refractivity contribution in [2.75, 3.05) is 12.4 Å². The zero-order valence-electron chi connectivity index (χ0n) is 22.8. The molecule has 10 nitrogen and oxygen atoms in total. The molecule has 0 fully saturated rings. The third-order valence-electron chi connectivity index (χ3n) is 6.94. The van der Waals surface area contributed by atoms with Crippen LogP contribution in [0.2, 0.25) is 0 Å². The Balaban J connectivity index is 1.22. The van der Waals surface area contributed by atoms with Crippen LogP contribution in [0.3, 0.4) is 0 Å². The second-order valence-electron chi connectivity index (χ2n) is 9.86. The molecule has 3 N–H and O–H groups in total. The van der Waals surface area contributed by atoms with E-state index in [0.29, 0.717) is 62.0 Å². The number of aromatic nitrogens is 7. The summed E-state index contributed by atoms with van der Waals surface area (Å²) in [6.07, 6.45) is 5.18. The maximum atomic E-state index is 14.3. The summed E-state index contributed by atoms with van der Waals surface area (Å²) in [7, 11) is 1.48. The molecule has 210 valence electrons. The smallest absolute Gasteiger partial charge is 0.228 e. The summed E-state index contributed by atoms with van der Waals surface area (Å²) in [6, 6.07) is 21.3. The lowest BCUT2D eigenvalue weighted by Crippen LogP contribution is -2.14. The van der Waals surface area contributed by atoms with Gasteiger partial charge in [0.25, 0.3) is 0 Å². The number of ether oxygens (including phenoxy) is 1. The number of hydrogen-bond acceptors (Lipinski definition) is 7. The van der Waals surface area contributed by atoms with Gasteiger partial charge in [0.2, 0.25) is 5.91 Å². The van der Waals surface area contributed by atoms with Gasteiger partial charge in [-0.15, -0.1) is 0 Å². The second-order valence-corrected chi connectivity index (χ2v) is 9.86. The van der Waals surface area contributed by atoms with Crippen LogP contribution in [0, 0.1) is 5.82 Å². The summed E-state index contributed by atoms with van der Waals surface area (Å²) in [4.78, 5) is 34.3. The summed E-state index contributed by atoms with van der Waals surface area (Å²) < 4.78 is 19.5. The molecule has 0 saturated heterocycles. The number of carbonyl (C=O) groups excluding carboxylic acids is 1. The molecule has 0 aliphatic rings. The van der Waals surface area contributed by atoms with Crippen LogP contribution < -0.4 is 10.1 Å². The van der Waals surface area contributed by atoms with E-state index in [0.717, 1.165) is 11.1 Å². The number of benzene rings is 2. The Labute approximate surface area is 244 Å². The van der Waals surface area contributed by atoms with Crippen molar-refractivity contribution in [2.24, 2.45) is 0 Å². The summed E-state index contributed by atoms with van der Waals surface area (Å²) >= 11 is 0. The zero-order chi connectivity index (χ0) is 29.3. The maximum Gasteiger partial charge on any atom is 0.228 e. The van der Waals surface area contributed by atoms with Crippen molar-refractivity contribution in [1.29, 1.82) is 0 Å². The first-order valence-corrected chi connectivity index (χ1v) is 13.4. The fourth-order valence-electron chi connectivity index (χ4n) is 4.94. The van der Waals surface area contributed by atoms with Crippen molar-refractivity contribution in [3.63, 3.8) is 0 Å². The van der Waals surface area contributed by atoms with Gasteiger partial charge in [0.1, 0.15) is 22.6 Å². The SMILES string of the molecule is COc1cc(F)cc(-c2nccc3[nH]c(-c4n[nH]c5ccc(-c6cncc(NC(=O)Cc7ccccc7)c6)nc45)nc23)c1. The van der Waals surface area contributed by atoms with E-state index in [1.54, 1.807) is 30.7 Å². The Morgan fingerprint density at radius 3 is 2.63 bits per heavy atom. The van der Waals surface area contributed by atoms with Crippen molar-refractivity contribution < 1.29 is 13.9 Å². The van der Waals surface area contributed by atoms with Crippen molar-refractivity contribution in [3.8, 4) is 39.8 Å². The molecular formula is C32H23FN8O2. The van der Waals surface area contributed by atoms with Crippen molar-refractivity contribution in [3.05, 3.63) is 103 Å². The number of halogens is 1. The Kier molecular flexibility index (Phi) is 6.51. The highest BCUT2D eigenvalue weighted by atomic mass is 19.1. The molecule has 11 heteroatoms. The van der Waals surface area contributed by atoms with E-state index in [4.69, 9.17) is 14.7 Å². The number of hydrogen-bond donors (Lipinski definition) is 3. The average molecular weight is 571 g/mol. The number of amides is 1. The first-order valence-electron chi connectivity index (χ1n) is 13.4. The standard InChI is InChI=1S/C32H23FN8O2/c1-43-23-14-19(12-21(33)15-23)28-29-25(9-10-35-28)38-32(39-29)31-30-26(40-41-31)8-7-24(37-30)20-13-22(17-34-16-20)36-27(42)11-18-5-3-2-4-6-18/h2-10,12-17H,11H2,1H3,(H,36,42)(H,38,39)(H,40,41). The minimum atomic E-state index is -0.437. The fraction of sp³-hybridized carbons (Fsp3) is 0.0625.